The average molecular weight is 421 g/mol. The SMILES string of the molecule is CC(=O)CCc1ccc(OCC(=O)NCc2ccccc2Oc2ccccc2F)cc1. The van der Waals surface area contributed by atoms with Crippen molar-refractivity contribution in [3.63, 3.8) is 0 Å². The lowest BCUT2D eigenvalue weighted by Crippen LogP contribution is -2.28. The summed E-state index contributed by atoms with van der Waals surface area (Å²) in [5.41, 5.74) is 1.76. The number of para-hydroxylation sites is 2. The second-order valence-electron chi connectivity index (χ2n) is 7.05. The van der Waals surface area contributed by atoms with Gasteiger partial charge in [0.15, 0.2) is 18.2 Å². The largest absolute Gasteiger partial charge is 0.484 e. The summed E-state index contributed by atoms with van der Waals surface area (Å²) in [5, 5.41) is 2.78. The maximum absolute atomic E-state index is 13.9. The van der Waals surface area contributed by atoms with Crippen LogP contribution < -0.4 is 14.8 Å². The number of benzene rings is 3. The smallest absolute Gasteiger partial charge is 0.258 e. The molecule has 6 heteroatoms. The topological polar surface area (TPSA) is 64.6 Å². The number of carbonyl (C=O) groups excluding carboxylic acids is 2. The van der Waals surface area contributed by atoms with Gasteiger partial charge in [0.05, 0.1) is 0 Å². The van der Waals surface area contributed by atoms with E-state index in [1.165, 1.54) is 6.07 Å². The van der Waals surface area contributed by atoms with Gasteiger partial charge in [0.1, 0.15) is 17.3 Å². The van der Waals surface area contributed by atoms with Crippen LogP contribution in [0.15, 0.2) is 72.8 Å². The summed E-state index contributed by atoms with van der Waals surface area (Å²) in [6, 6.07) is 20.6. The normalized spacial score (nSPS) is 10.4. The molecule has 0 spiro atoms. The van der Waals surface area contributed by atoms with Gasteiger partial charge in [-0.15, -0.1) is 0 Å². The standard InChI is InChI=1S/C25H24FNO4/c1-18(28)10-11-19-12-14-21(15-13-19)30-17-25(29)27-16-20-6-2-4-8-23(20)31-24-9-5-3-7-22(24)26/h2-9,12-15H,10-11,16-17H2,1H3,(H,27,29). The van der Waals surface area contributed by atoms with Gasteiger partial charge in [-0.25, -0.2) is 4.39 Å². The van der Waals surface area contributed by atoms with E-state index in [2.05, 4.69) is 5.32 Å². The maximum Gasteiger partial charge on any atom is 0.258 e. The first kappa shape index (κ1) is 22.0. The predicted molar refractivity (Wildman–Crippen MR) is 116 cm³/mol. The quantitative estimate of drug-likeness (QED) is 0.509. The summed E-state index contributed by atoms with van der Waals surface area (Å²) in [6.45, 7) is 1.65. The highest BCUT2D eigenvalue weighted by Crippen LogP contribution is 2.27. The number of hydrogen-bond donors (Lipinski definition) is 1. The van der Waals surface area contributed by atoms with Crippen molar-refractivity contribution in [1.29, 1.82) is 0 Å². The van der Waals surface area contributed by atoms with E-state index < -0.39 is 5.82 Å². The van der Waals surface area contributed by atoms with Gasteiger partial charge < -0.3 is 19.6 Å². The lowest BCUT2D eigenvalue weighted by atomic mass is 10.1. The van der Waals surface area contributed by atoms with Crippen LogP contribution in [0.3, 0.4) is 0 Å². The summed E-state index contributed by atoms with van der Waals surface area (Å²) in [7, 11) is 0. The first-order chi connectivity index (χ1) is 15.0. The molecule has 0 atom stereocenters. The van der Waals surface area contributed by atoms with E-state index in [1.54, 1.807) is 55.5 Å². The molecule has 0 aliphatic carbocycles. The number of ketones is 1. The van der Waals surface area contributed by atoms with E-state index in [0.717, 1.165) is 5.56 Å². The third-order valence-corrected chi connectivity index (χ3v) is 4.56. The Morgan fingerprint density at radius 1 is 0.903 bits per heavy atom. The van der Waals surface area contributed by atoms with Gasteiger partial charge in [-0.1, -0.05) is 42.5 Å². The molecule has 0 saturated carbocycles. The summed E-state index contributed by atoms with van der Waals surface area (Å²) < 4.78 is 25.0. The van der Waals surface area contributed by atoms with Crippen molar-refractivity contribution in [3.05, 3.63) is 89.7 Å². The average Bonchev–Trinajstić information content (AvgIpc) is 2.78. The number of Topliss-reactive ketones (excluding diaryl/α,β-unsaturated/α-hetero) is 1. The van der Waals surface area contributed by atoms with E-state index in [4.69, 9.17) is 9.47 Å². The lowest BCUT2D eigenvalue weighted by Gasteiger charge is -2.13. The first-order valence-electron chi connectivity index (χ1n) is 9.99. The van der Waals surface area contributed by atoms with Crippen LogP contribution in [0.1, 0.15) is 24.5 Å². The van der Waals surface area contributed by atoms with Crippen molar-refractivity contribution in [2.75, 3.05) is 6.61 Å². The van der Waals surface area contributed by atoms with E-state index in [9.17, 15) is 14.0 Å². The third kappa shape index (κ3) is 6.96. The minimum atomic E-state index is -0.456. The summed E-state index contributed by atoms with van der Waals surface area (Å²) in [5.74, 6) is 0.567. The van der Waals surface area contributed by atoms with Gasteiger partial charge in [0, 0.05) is 18.5 Å². The Kier molecular flexibility index (Phi) is 7.76. The van der Waals surface area contributed by atoms with Crippen LogP contribution in [0.25, 0.3) is 0 Å². The number of rotatable bonds is 10. The van der Waals surface area contributed by atoms with E-state index in [1.807, 2.05) is 18.2 Å². The zero-order valence-corrected chi connectivity index (χ0v) is 17.3. The van der Waals surface area contributed by atoms with Crippen molar-refractivity contribution < 1.29 is 23.5 Å². The molecule has 0 heterocycles. The lowest BCUT2D eigenvalue weighted by molar-refractivity contribution is -0.123. The number of aryl methyl sites for hydroxylation is 1. The van der Waals surface area contributed by atoms with Crippen LogP contribution in [0.4, 0.5) is 4.39 Å². The minimum Gasteiger partial charge on any atom is -0.484 e. The molecule has 3 aromatic rings. The van der Waals surface area contributed by atoms with E-state index in [-0.39, 0.29) is 30.6 Å². The highest BCUT2D eigenvalue weighted by atomic mass is 19.1. The number of halogens is 1. The molecule has 3 aromatic carbocycles. The van der Waals surface area contributed by atoms with Gasteiger partial charge in [-0.3, -0.25) is 4.79 Å². The molecule has 0 fully saturated rings. The van der Waals surface area contributed by atoms with Crippen molar-refractivity contribution in [1.82, 2.24) is 5.32 Å². The molecule has 0 bridgehead atoms. The molecule has 0 unspecified atom stereocenters. The molecule has 0 aliphatic rings. The van der Waals surface area contributed by atoms with Crippen molar-refractivity contribution >= 4 is 11.7 Å². The number of hydrogen-bond acceptors (Lipinski definition) is 4. The third-order valence-electron chi connectivity index (χ3n) is 4.56. The van der Waals surface area contributed by atoms with Gasteiger partial charge in [-0.2, -0.15) is 0 Å². The van der Waals surface area contributed by atoms with Gasteiger partial charge in [0.25, 0.3) is 5.91 Å². The number of carbonyl (C=O) groups is 2. The van der Waals surface area contributed by atoms with Crippen molar-refractivity contribution in [2.24, 2.45) is 0 Å². The molecule has 3 rings (SSSR count). The second-order valence-corrected chi connectivity index (χ2v) is 7.05. The Morgan fingerprint density at radius 3 is 2.29 bits per heavy atom. The Morgan fingerprint density at radius 2 is 1.58 bits per heavy atom. The zero-order valence-electron chi connectivity index (χ0n) is 17.3. The molecule has 1 N–H and O–H groups in total. The van der Waals surface area contributed by atoms with Crippen LogP contribution in [0, 0.1) is 5.82 Å². The Balaban J connectivity index is 1.50. The highest BCUT2D eigenvalue weighted by Gasteiger charge is 2.10. The molecule has 0 radical (unpaired) electrons. The fourth-order valence-electron chi connectivity index (χ4n) is 2.86. The second kappa shape index (κ2) is 10.9. The Hall–Kier alpha value is -3.67. The van der Waals surface area contributed by atoms with Gasteiger partial charge >= 0.3 is 0 Å². The molecular formula is C25H24FNO4. The molecule has 5 nitrogen and oxygen atoms in total. The number of amides is 1. The summed E-state index contributed by atoms with van der Waals surface area (Å²) >= 11 is 0. The first-order valence-corrected chi connectivity index (χ1v) is 9.99. The Bertz CT molecular complexity index is 1030. The Labute approximate surface area is 180 Å². The molecule has 160 valence electrons. The van der Waals surface area contributed by atoms with E-state index >= 15 is 0 Å². The molecular weight excluding hydrogens is 397 g/mol. The number of ether oxygens (including phenoxy) is 2. The molecule has 0 aromatic heterocycles. The molecule has 0 aliphatic heterocycles. The highest BCUT2D eigenvalue weighted by molar-refractivity contribution is 5.77. The monoisotopic (exact) mass is 421 g/mol. The van der Waals surface area contributed by atoms with Crippen LogP contribution >= 0.6 is 0 Å². The maximum atomic E-state index is 13.9. The van der Waals surface area contributed by atoms with Gasteiger partial charge in [-0.05, 0) is 49.2 Å². The predicted octanol–water partition coefficient (Wildman–Crippen LogP) is 4.83. The van der Waals surface area contributed by atoms with Crippen molar-refractivity contribution in [2.45, 2.75) is 26.3 Å². The van der Waals surface area contributed by atoms with Crippen molar-refractivity contribution in [3.8, 4) is 17.2 Å². The summed E-state index contributed by atoms with van der Waals surface area (Å²) in [6.07, 6.45) is 1.19. The van der Waals surface area contributed by atoms with Crippen LogP contribution in [0.2, 0.25) is 0 Å². The molecule has 1 amide bonds. The van der Waals surface area contributed by atoms with Crippen LogP contribution in [-0.4, -0.2) is 18.3 Å². The molecule has 0 saturated heterocycles. The fraction of sp³-hybridized carbons (Fsp3) is 0.200. The van der Waals surface area contributed by atoms with Crippen LogP contribution in [0.5, 0.6) is 17.2 Å². The summed E-state index contributed by atoms with van der Waals surface area (Å²) in [4.78, 5) is 23.2. The van der Waals surface area contributed by atoms with Crippen LogP contribution in [-0.2, 0) is 22.6 Å². The number of nitrogens with one attached hydrogen (secondary N) is 1. The molecule has 31 heavy (non-hydrogen) atoms. The van der Waals surface area contributed by atoms with Gasteiger partial charge in [0.2, 0.25) is 0 Å². The zero-order chi connectivity index (χ0) is 22.1. The fourth-order valence-corrected chi connectivity index (χ4v) is 2.86. The van der Waals surface area contributed by atoms with E-state index in [0.29, 0.717) is 29.9 Å². The minimum absolute atomic E-state index is 0.122.